The molecule has 1 unspecified atom stereocenters. The Balaban J connectivity index is 2.29. The average Bonchev–Trinajstić information content (AvgIpc) is 2.33. The summed E-state index contributed by atoms with van der Waals surface area (Å²) in [6.45, 7) is 1.88. The lowest BCUT2D eigenvalue weighted by atomic mass is 10.1. The van der Waals surface area contributed by atoms with Gasteiger partial charge in [0.15, 0.2) is 0 Å². The van der Waals surface area contributed by atoms with Gasteiger partial charge < -0.3 is 10.5 Å². The van der Waals surface area contributed by atoms with Crippen LogP contribution in [0, 0.1) is 0 Å². The van der Waals surface area contributed by atoms with E-state index in [1.807, 2.05) is 25.1 Å². The van der Waals surface area contributed by atoms with E-state index in [2.05, 4.69) is 15.9 Å². The number of halogens is 3. The molecule has 2 aromatic rings. The Morgan fingerprint density at radius 3 is 2.47 bits per heavy atom. The molecule has 0 saturated carbocycles. The zero-order valence-corrected chi connectivity index (χ0v) is 13.3. The van der Waals surface area contributed by atoms with Gasteiger partial charge in [0.25, 0.3) is 0 Å². The topological polar surface area (TPSA) is 35.2 Å². The van der Waals surface area contributed by atoms with Gasteiger partial charge in [0.05, 0.1) is 5.02 Å². The van der Waals surface area contributed by atoms with Crippen molar-refractivity contribution in [3.05, 3.63) is 56.5 Å². The van der Waals surface area contributed by atoms with Gasteiger partial charge in [0.2, 0.25) is 0 Å². The fourth-order valence-corrected chi connectivity index (χ4v) is 2.46. The van der Waals surface area contributed by atoms with Gasteiger partial charge in [-0.2, -0.15) is 0 Å². The predicted octanol–water partition coefficient (Wildman–Crippen LogP) is 5.57. The molecule has 0 fully saturated rings. The Hall–Kier alpha value is -0.740. The van der Waals surface area contributed by atoms with Crippen molar-refractivity contribution in [3.63, 3.8) is 0 Å². The predicted molar refractivity (Wildman–Crippen MR) is 83.3 cm³/mol. The highest BCUT2D eigenvalue weighted by Gasteiger charge is 2.09. The fraction of sp³-hybridized carbons (Fsp3) is 0.143. The quantitative estimate of drug-likeness (QED) is 0.776. The molecule has 2 rings (SSSR count). The molecule has 0 aliphatic rings. The highest BCUT2D eigenvalue weighted by Crippen LogP contribution is 2.34. The Morgan fingerprint density at radius 2 is 1.84 bits per heavy atom. The second kappa shape index (κ2) is 6.14. The minimum absolute atomic E-state index is 0.115. The van der Waals surface area contributed by atoms with E-state index in [4.69, 9.17) is 33.7 Å². The van der Waals surface area contributed by atoms with E-state index >= 15 is 0 Å². The molecule has 0 aliphatic heterocycles. The van der Waals surface area contributed by atoms with Crippen LogP contribution < -0.4 is 10.5 Å². The number of hydrogen-bond acceptors (Lipinski definition) is 2. The van der Waals surface area contributed by atoms with Crippen LogP contribution in [0.4, 0.5) is 0 Å². The number of nitrogens with two attached hydrogens (primary N) is 1. The zero-order valence-electron chi connectivity index (χ0n) is 10.2. The Bertz CT molecular complexity index is 602. The largest absolute Gasteiger partial charge is 0.456 e. The monoisotopic (exact) mass is 359 g/mol. The van der Waals surface area contributed by atoms with Gasteiger partial charge in [-0.15, -0.1) is 0 Å². The molecule has 5 heteroatoms. The van der Waals surface area contributed by atoms with Crippen LogP contribution in [0.15, 0.2) is 40.9 Å². The Morgan fingerprint density at radius 1 is 1.11 bits per heavy atom. The maximum absolute atomic E-state index is 6.16. The summed E-state index contributed by atoms with van der Waals surface area (Å²) in [6, 6.07) is 10.7. The highest BCUT2D eigenvalue weighted by atomic mass is 79.9. The van der Waals surface area contributed by atoms with E-state index in [1.54, 1.807) is 18.2 Å². The average molecular weight is 361 g/mol. The summed E-state index contributed by atoms with van der Waals surface area (Å²) in [5.74, 6) is 1.19. The fourth-order valence-electron chi connectivity index (χ4n) is 1.62. The van der Waals surface area contributed by atoms with Crippen LogP contribution in [0.1, 0.15) is 18.5 Å². The van der Waals surface area contributed by atoms with E-state index in [9.17, 15) is 0 Å². The summed E-state index contributed by atoms with van der Waals surface area (Å²) < 4.78 is 6.61. The minimum Gasteiger partial charge on any atom is -0.456 e. The van der Waals surface area contributed by atoms with Gasteiger partial charge in [0.1, 0.15) is 11.5 Å². The molecule has 2 N–H and O–H groups in total. The molecule has 19 heavy (non-hydrogen) atoms. The van der Waals surface area contributed by atoms with Crippen LogP contribution in [-0.4, -0.2) is 0 Å². The van der Waals surface area contributed by atoms with Crippen molar-refractivity contribution in [2.45, 2.75) is 13.0 Å². The summed E-state index contributed by atoms with van der Waals surface area (Å²) in [6.07, 6.45) is 0. The molecular formula is C14H12BrCl2NO. The molecule has 2 nitrogen and oxygen atoms in total. The first kappa shape index (κ1) is 14.7. The Kier molecular flexibility index (Phi) is 4.74. The maximum Gasteiger partial charge on any atom is 0.147 e. The zero-order chi connectivity index (χ0) is 14.0. The van der Waals surface area contributed by atoms with E-state index in [-0.39, 0.29) is 6.04 Å². The van der Waals surface area contributed by atoms with Gasteiger partial charge in [-0.3, -0.25) is 0 Å². The second-order valence-electron chi connectivity index (χ2n) is 4.15. The van der Waals surface area contributed by atoms with Gasteiger partial charge in [-0.1, -0.05) is 45.2 Å². The number of ether oxygens (including phenoxy) is 1. The van der Waals surface area contributed by atoms with E-state index in [1.165, 1.54) is 0 Å². The van der Waals surface area contributed by atoms with Crippen molar-refractivity contribution in [1.82, 2.24) is 0 Å². The van der Waals surface area contributed by atoms with Crippen molar-refractivity contribution < 1.29 is 4.74 Å². The first-order valence-electron chi connectivity index (χ1n) is 5.65. The normalized spacial score (nSPS) is 12.3. The van der Waals surface area contributed by atoms with Gasteiger partial charge in [-0.05, 0) is 42.8 Å². The van der Waals surface area contributed by atoms with Crippen LogP contribution in [0.5, 0.6) is 11.5 Å². The van der Waals surface area contributed by atoms with E-state index in [0.29, 0.717) is 21.5 Å². The SMILES string of the molecule is CC(N)c1ccc(Oc2cc(Br)ccc2Cl)cc1Cl. The van der Waals surface area contributed by atoms with Crippen LogP contribution in [0.25, 0.3) is 0 Å². The first-order valence-corrected chi connectivity index (χ1v) is 7.20. The van der Waals surface area contributed by atoms with Crippen molar-refractivity contribution in [2.24, 2.45) is 5.73 Å². The summed E-state index contributed by atoms with van der Waals surface area (Å²) in [7, 11) is 0. The van der Waals surface area contributed by atoms with Crippen molar-refractivity contribution in [3.8, 4) is 11.5 Å². The summed E-state index contributed by atoms with van der Waals surface area (Å²) in [5.41, 5.74) is 6.69. The van der Waals surface area contributed by atoms with Gasteiger partial charge in [-0.25, -0.2) is 0 Å². The number of benzene rings is 2. The molecule has 0 spiro atoms. The number of hydrogen-bond donors (Lipinski definition) is 1. The molecule has 0 aromatic heterocycles. The lowest BCUT2D eigenvalue weighted by molar-refractivity contribution is 0.482. The third-order valence-electron chi connectivity index (χ3n) is 2.58. The molecule has 0 aliphatic carbocycles. The molecule has 0 amide bonds. The van der Waals surface area contributed by atoms with Crippen molar-refractivity contribution >= 4 is 39.1 Å². The third-order valence-corrected chi connectivity index (χ3v) is 3.72. The van der Waals surface area contributed by atoms with Crippen LogP contribution in [-0.2, 0) is 0 Å². The molecule has 0 bridgehead atoms. The summed E-state index contributed by atoms with van der Waals surface area (Å²) in [5, 5.41) is 1.12. The summed E-state index contributed by atoms with van der Waals surface area (Å²) >= 11 is 15.6. The smallest absolute Gasteiger partial charge is 0.147 e. The number of rotatable bonds is 3. The highest BCUT2D eigenvalue weighted by molar-refractivity contribution is 9.10. The minimum atomic E-state index is -0.115. The standard InChI is InChI=1S/C14H12BrCl2NO/c1-8(18)11-4-3-10(7-13(11)17)19-14-6-9(15)2-5-12(14)16/h2-8H,18H2,1H3. The van der Waals surface area contributed by atoms with Crippen LogP contribution >= 0.6 is 39.1 Å². The first-order chi connectivity index (χ1) is 8.97. The molecule has 100 valence electrons. The Labute approximate surface area is 130 Å². The van der Waals surface area contributed by atoms with Crippen LogP contribution in [0.2, 0.25) is 10.0 Å². The third kappa shape index (κ3) is 3.63. The molecular weight excluding hydrogens is 349 g/mol. The van der Waals surface area contributed by atoms with Gasteiger partial charge >= 0.3 is 0 Å². The molecule has 2 aromatic carbocycles. The molecule has 0 radical (unpaired) electrons. The van der Waals surface area contributed by atoms with Crippen molar-refractivity contribution in [2.75, 3.05) is 0 Å². The summed E-state index contributed by atoms with van der Waals surface area (Å²) in [4.78, 5) is 0. The van der Waals surface area contributed by atoms with Gasteiger partial charge in [0, 0.05) is 15.5 Å². The molecule has 0 saturated heterocycles. The molecule has 1 atom stereocenters. The maximum atomic E-state index is 6.16. The van der Waals surface area contributed by atoms with E-state index in [0.717, 1.165) is 10.0 Å². The lowest BCUT2D eigenvalue weighted by Gasteiger charge is -2.12. The van der Waals surface area contributed by atoms with Crippen LogP contribution in [0.3, 0.4) is 0 Å². The van der Waals surface area contributed by atoms with E-state index < -0.39 is 0 Å². The lowest BCUT2D eigenvalue weighted by Crippen LogP contribution is -2.05. The van der Waals surface area contributed by atoms with Crippen molar-refractivity contribution in [1.29, 1.82) is 0 Å². The second-order valence-corrected chi connectivity index (χ2v) is 5.88. The molecule has 0 heterocycles.